The number of primary amides is 1. The normalized spacial score (nSPS) is 14.1. The Bertz CT molecular complexity index is 786. The topological polar surface area (TPSA) is 81.4 Å². The number of hydrogen-bond donors (Lipinski definition) is 2. The molecule has 5 nitrogen and oxygen atoms in total. The Morgan fingerprint density at radius 3 is 2.67 bits per heavy atom. The van der Waals surface area contributed by atoms with Crippen molar-refractivity contribution in [3.05, 3.63) is 46.1 Å². The molecule has 1 heterocycles. The van der Waals surface area contributed by atoms with Crippen LogP contribution in [0.3, 0.4) is 0 Å². The summed E-state index contributed by atoms with van der Waals surface area (Å²) in [4.78, 5) is 25.2. The molecule has 126 valence electrons. The summed E-state index contributed by atoms with van der Waals surface area (Å²) in [6.07, 6.45) is 1.91. The molecule has 1 aromatic carbocycles. The van der Waals surface area contributed by atoms with Gasteiger partial charge in [-0.15, -0.1) is 11.3 Å². The Balaban J connectivity index is 1.72. The van der Waals surface area contributed by atoms with Crippen LogP contribution in [0, 0.1) is 5.82 Å². The minimum atomic E-state index is -0.798. The molecule has 0 spiro atoms. The predicted octanol–water partition coefficient (Wildman–Crippen LogP) is 2.88. The van der Waals surface area contributed by atoms with Gasteiger partial charge in [0.15, 0.2) is 6.10 Å². The second kappa shape index (κ2) is 6.60. The fourth-order valence-corrected chi connectivity index (χ4v) is 4.03. The maximum atomic E-state index is 12.9. The summed E-state index contributed by atoms with van der Waals surface area (Å²) < 4.78 is 18.4. The van der Waals surface area contributed by atoms with Gasteiger partial charge in [0.05, 0.1) is 5.56 Å². The maximum absolute atomic E-state index is 12.9. The molecule has 0 bridgehead atoms. The molecule has 0 saturated carbocycles. The van der Waals surface area contributed by atoms with E-state index in [1.165, 1.54) is 35.6 Å². The molecule has 1 aromatic heterocycles. The average molecular weight is 348 g/mol. The number of amides is 2. The Labute approximate surface area is 142 Å². The van der Waals surface area contributed by atoms with Gasteiger partial charge in [0.25, 0.3) is 11.8 Å². The molecule has 24 heavy (non-hydrogen) atoms. The van der Waals surface area contributed by atoms with Gasteiger partial charge in [0.1, 0.15) is 16.6 Å². The molecule has 0 aliphatic heterocycles. The third-order valence-corrected chi connectivity index (χ3v) is 5.11. The number of carbonyl (C=O) groups excluding carboxylic acids is 2. The lowest BCUT2D eigenvalue weighted by Gasteiger charge is -2.14. The fourth-order valence-electron chi connectivity index (χ4n) is 2.74. The van der Waals surface area contributed by atoms with E-state index in [-0.39, 0.29) is 11.7 Å². The van der Waals surface area contributed by atoms with E-state index in [0.717, 1.165) is 29.7 Å². The highest BCUT2D eigenvalue weighted by molar-refractivity contribution is 7.17. The molecule has 1 atom stereocenters. The lowest BCUT2D eigenvalue weighted by Crippen LogP contribution is -2.30. The first kappa shape index (κ1) is 16.4. The third-order valence-electron chi connectivity index (χ3n) is 3.90. The summed E-state index contributed by atoms with van der Waals surface area (Å²) >= 11 is 1.39. The summed E-state index contributed by atoms with van der Waals surface area (Å²) in [5.41, 5.74) is 6.84. The number of nitrogens with two attached hydrogens (primary N) is 1. The summed E-state index contributed by atoms with van der Waals surface area (Å²) in [5, 5.41) is 3.21. The average Bonchev–Trinajstić information content (AvgIpc) is 3.09. The number of rotatable bonds is 5. The first-order chi connectivity index (χ1) is 11.5. The van der Waals surface area contributed by atoms with E-state index in [2.05, 4.69) is 5.32 Å². The largest absolute Gasteiger partial charge is 0.481 e. The van der Waals surface area contributed by atoms with Gasteiger partial charge in [-0.05, 0) is 56.0 Å². The highest BCUT2D eigenvalue weighted by Crippen LogP contribution is 2.38. The van der Waals surface area contributed by atoms with E-state index in [9.17, 15) is 14.0 Å². The second-order valence-corrected chi connectivity index (χ2v) is 6.73. The fraction of sp³-hybridized carbons (Fsp3) is 0.294. The Hall–Kier alpha value is -2.41. The lowest BCUT2D eigenvalue weighted by atomic mass is 10.1. The van der Waals surface area contributed by atoms with Gasteiger partial charge in [-0.2, -0.15) is 0 Å². The first-order valence-corrected chi connectivity index (χ1v) is 8.44. The van der Waals surface area contributed by atoms with Crippen molar-refractivity contribution in [3.63, 3.8) is 0 Å². The van der Waals surface area contributed by atoms with E-state index in [1.807, 2.05) is 0 Å². The van der Waals surface area contributed by atoms with E-state index in [4.69, 9.17) is 10.5 Å². The van der Waals surface area contributed by atoms with E-state index < -0.39 is 12.0 Å². The van der Waals surface area contributed by atoms with Gasteiger partial charge < -0.3 is 15.8 Å². The van der Waals surface area contributed by atoms with Gasteiger partial charge in [0.2, 0.25) is 0 Å². The first-order valence-electron chi connectivity index (χ1n) is 7.63. The molecule has 2 amide bonds. The van der Waals surface area contributed by atoms with Gasteiger partial charge in [-0.25, -0.2) is 4.39 Å². The minimum absolute atomic E-state index is 0.376. The number of carbonyl (C=O) groups is 2. The van der Waals surface area contributed by atoms with Crippen molar-refractivity contribution in [2.75, 3.05) is 5.32 Å². The molecule has 7 heteroatoms. The predicted molar refractivity (Wildman–Crippen MR) is 90.0 cm³/mol. The van der Waals surface area contributed by atoms with Crippen LogP contribution in [-0.4, -0.2) is 17.9 Å². The van der Waals surface area contributed by atoms with Crippen LogP contribution >= 0.6 is 11.3 Å². The van der Waals surface area contributed by atoms with Crippen LogP contribution < -0.4 is 15.8 Å². The number of aryl methyl sites for hydroxylation is 1. The smallest absolute Gasteiger partial charge is 0.265 e. The molecule has 1 aliphatic carbocycles. The number of halogens is 1. The van der Waals surface area contributed by atoms with Gasteiger partial charge in [-0.1, -0.05) is 0 Å². The molecule has 2 aromatic rings. The number of anilines is 1. The molecule has 0 radical (unpaired) electrons. The van der Waals surface area contributed by atoms with Crippen molar-refractivity contribution in [3.8, 4) is 5.75 Å². The Morgan fingerprint density at radius 2 is 2.00 bits per heavy atom. The molecule has 0 unspecified atom stereocenters. The third kappa shape index (κ3) is 3.26. The van der Waals surface area contributed by atoms with Crippen LogP contribution in [0.25, 0.3) is 0 Å². The summed E-state index contributed by atoms with van der Waals surface area (Å²) in [6, 6.07) is 5.42. The molecule has 3 rings (SSSR count). The van der Waals surface area contributed by atoms with Crippen LogP contribution in [0.4, 0.5) is 9.39 Å². The van der Waals surface area contributed by atoms with Gasteiger partial charge in [0, 0.05) is 4.88 Å². The van der Waals surface area contributed by atoms with E-state index >= 15 is 0 Å². The van der Waals surface area contributed by atoms with Crippen molar-refractivity contribution in [1.82, 2.24) is 0 Å². The number of fused-ring (bicyclic) bond motifs is 1. The Morgan fingerprint density at radius 1 is 1.29 bits per heavy atom. The number of benzene rings is 1. The molecule has 3 N–H and O–H groups in total. The number of nitrogens with one attached hydrogen (secondary N) is 1. The number of thiophene rings is 1. The van der Waals surface area contributed by atoms with Crippen LogP contribution in [-0.2, 0) is 17.6 Å². The zero-order valence-electron chi connectivity index (χ0n) is 13.1. The van der Waals surface area contributed by atoms with E-state index in [0.29, 0.717) is 16.3 Å². The summed E-state index contributed by atoms with van der Waals surface area (Å²) in [6.45, 7) is 1.59. The van der Waals surface area contributed by atoms with Crippen molar-refractivity contribution in [2.45, 2.75) is 32.3 Å². The minimum Gasteiger partial charge on any atom is -0.481 e. The summed E-state index contributed by atoms with van der Waals surface area (Å²) in [7, 11) is 0. The van der Waals surface area contributed by atoms with Gasteiger partial charge in [-0.3, -0.25) is 9.59 Å². The lowest BCUT2D eigenvalue weighted by molar-refractivity contribution is -0.122. The zero-order chi connectivity index (χ0) is 17.3. The maximum Gasteiger partial charge on any atom is 0.265 e. The number of hydrogen-bond acceptors (Lipinski definition) is 4. The molecule has 0 saturated heterocycles. The van der Waals surface area contributed by atoms with Crippen molar-refractivity contribution in [2.24, 2.45) is 5.73 Å². The highest BCUT2D eigenvalue weighted by Gasteiger charge is 2.27. The second-order valence-electron chi connectivity index (χ2n) is 5.63. The monoisotopic (exact) mass is 348 g/mol. The molecule has 1 aliphatic rings. The van der Waals surface area contributed by atoms with Crippen LogP contribution in [0.15, 0.2) is 24.3 Å². The van der Waals surface area contributed by atoms with Crippen LogP contribution in [0.1, 0.15) is 34.1 Å². The highest BCUT2D eigenvalue weighted by atomic mass is 32.1. The van der Waals surface area contributed by atoms with Crippen molar-refractivity contribution >= 4 is 28.2 Å². The molecular weight excluding hydrogens is 331 g/mol. The number of ether oxygens (including phenoxy) is 1. The quantitative estimate of drug-likeness (QED) is 0.872. The van der Waals surface area contributed by atoms with Crippen molar-refractivity contribution in [1.29, 1.82) is 0 Å². The van der Waals surface area contributed by atoms with Crippen LogP contribution in [0.2, 0.25) is 0 Å². The molecular formula is C17H17FN2O3S. The van der Waals surface area contributed by atoms with Gasteiger partial charge >= 0.3 is 0 Å². The SMILES string of the molecule is C[C@H](Oc1ccc(F)cc1)C(=O)Nc1sc2c(c1C(N)=O)CCC2. The Kier molecular flexibility index (Phi) is 4.53. The zero-order valence-corrected chi connectivity index (χ0v) is 13.9. The van der Waals surface area contributed by atoms with E-state index in [1.54, 1.807) is 6.92 Å². The van der Waals surface area contributed by atoms with Crippen molar-refractivity contribution < 1.29 is 18.7 Å². The standard InChI is InChI=1S/C17H17FN2O3S/c1-9(23-11-7-5-10(18)6-8-11)16(22)20-17-14(15(19)21)12-3-2-4-13(12)24-17/h5-9H,2-4H2,1H3,(H2,19,21)(H,20,22)/t9-/m0/s1. The summed E-state index contributed by atoms with van der Waals surface area (Å²) in [5.74, 6) is -0.903. The molecule has 0 fully saturated rings. The van der Waals surface area contributed by atoms with Crippen LogP contribution in [0.5, 0.6) is 5.75 Å².